The van der Waals surface area contributed by atoms with Crippen molar-refractivity contribution in [3.8, 4) is 17.4 Å². The summed E-state index contributed by atoms with van der Waals surface area (Å²) >= 11 is 0. The molecule has 0 atom stereocenters. The molecule has 2 aromatic rings. The first-order chi connectivity index (χ1) is 12.6. The van der Waals surface area contributed by atoms with Crippen molar-refractivity contribution < 1.29 is 24.2 Å². The van der Waals surface area contributed by atoms with E-state index in [-0.39, 0.29) is 19.5 Å². The van der Waals surface area contributed by atoms with Gasteiger partial charge in [0.1, 0.15) is 0 Å². The summed E-state index contributed by atoms with van der Waals surface area (Å²) < 4.78 is 11.2. The highest BCUT2D eigenvalue weighted by Crippen LogP contribution is 2.30. The summed E-state index contributed by atoms with van der Waals surface area (Å²) in [4.78, 5) is 26.1. The van der Waals surface area contributed by atoms with E-state index >= 15 is 0 Å². The van der Waals surface area contributed by atoms with E-state index in [0.29, 0.717) is 24.0 Å². The van der Waals surface area contributed by atoms with Gasteiger partial charge >= 0.3 is 12.0 Å². The fourth-order valence-corrected chi connectivity index (χ4v) is 2.03. The lowest BCUT2D eigenvalue weighted by Crippen LogP contribution is -2.36. The van der Waals surface area contributed by atoms with Gasteiger partial charge in [-0.25, -0.2) is 9.78 Å². The summed E-state index contributed by atoms with van der Waals surface area (Å²) in [5, 5.41) is 13.6. The van der Waals surface area contributed by atoms with E-state index in [1.54, 1.807) is 24.4 Å². The highest BCUT2D eigenvalue weighted by atomic mass is 16.5. The molecule has 3 N–H and O–H groups in total. The molecule has 2 rings (SSSR count). The van der Waals surface area contributed by atoms with Crippen LogP contribution in [0, 0.1) is 0 Å². The van der Waals surface area contributed by atoms with Gasteiger partial charge < -0.3 is 25.2 Å². The SMILES string of the molecule is CCOc1ccccc1Oc1ccc(CNC(=O)NCCC(=O)O)cn1. The van der Waals surface area contributed by atoms with Crippen LogP contribution in [-0.2, 0) is 11.3 Å². The van der Waals surface area contributed by atoms with Crippen LogP contribution >= 0.6 is 0 Å². The molecule has 0 spiro atoms. The molecule has 8 heteroatoms. The van der Waals surface area contributed by atoms with Gasteiger partial charge in [-0.15, -0.1) is 0 Å². The summed E-state index contributed by atoms with van der Waals surface area (Å²) in [5.74, 6) is 0.661. The molecule has 0 bridgehead atoms. The van der Waals surface area contributed by atoms with E-state index in [1.807, 2.05) is 25.1 Å². The normalized spacial score (nSPS) is 10.0. The standard InChI is InChI=1S/C18H21N3O5/c1-2-25-14-5-3-4-6-15(14)26-16-8-7-13(11-20-16)12-21-18(24)19-10-9-17(22)23/h3-8,11H,2,9-10,12H2,1H3,(H,22,23)(H2,19,21,24). The lowest BCUT2D eigenvalue weighted by atomic mass is 10.3. The van der Waals surface area contributed by atoms with Gasteiger partial charge in [0.05, 0.1) is 13.0 Å². The van der Waals surface area contributed by atoms with Gasteiger partial charge in [0.15, 0.2) is 11.5 Å². The van der Waals surface area contributed by atoms with Crippen molar-refractivity contribution in [2.24, 2.45) is 0 Å². The minimum absolute atomic E-state index is 0.0748. The number of carbonyl (C=O) groups excluding carboxylic acids is 1. The van der Waals surface area contributed by atoms with Crippen molar-refractivity contribution in [1.82, 2.24) is 15.6 Å². The Morgan fingerprint density at radius 1 is 1.12 bits per heavy atom. The average molecular weight is 359 g/mol. The second kappa shape index (κ2) is 9.87. The lowest BCUT2D eigenvalue weighted by Gasteiger charge is -2.11. The number of carboxylic acid groups (broad SMARTS) is 1. The van der Waals surface area contributed by atoms with Crippen LogP contribution in [0.4, 0.5) is 4.79 Å². The zero-order chi connectivity index (χ0) is 18.8. The first-order valence-electron chi connectivity index (χ1n) is 8.16. The van der Waals surface area contributed by atoms with E-state index in [1.165, 1.54) is 0 Å². The maximum absolute atomic E-state index is 11.5. The van der Waals surface area contributed by atoms with E-state index in [0.717, 1.165) is 5.56 Å². The molecule has 138 valence electrons. The highest BCUT2D eigenvalue weighted by Gasteiger charge is 2.07. The minimum Gasteiger partial charge on any atom is -0.490 e. The molecule has 0 saturated heterocycles. The zero-order valence-corrected chi connectivity index (χ0v) is 14.4. The number of para-hydroxylation sites is 2. The number of nitrogens with zero attached hydrogens (tertiary/aromatic N) is 1. The Balaban J connectivity index is 1.85. The van der Waals surface area contributed by atoms with E-state index in [9.17, 15) is 9.59 Å². The van der Waals surface area contributed by atoms with E-state index in [2.05, 4.69) is 15.6 Å². The molecule has 0 unspecified atom stereocenters. The predicted molar refractivity (Wildman–Crippen MR) is 94.4 cm³/mol. The molecular formula is C18H21N3O5. The molecule has 1 aromatic carbocycles. The smallest absolute Gasteiger partial charge is 0.315 e. The third-order valence-electron chi connectivity index (χ3n) is 3.24. The molecule has 1 aromatic heterocycles. The van der Waals surface area contributed by atoms with Gasteiger partial charge in [0.2, 0.25) is 5.88 Å². The molecule has 0 aliphatic heterocycles. The summed E-state index contributed by atoms with van der Waals surface area (Å²) in [6, 6.07) is 10.4. The quantitative estimate of drug-likeness (QED) is 0.635. The van der Waals surface area contributed by atoms with Crippen molar-refractivity contribution in [3.63, 3.8) is 0 Å². The number of benzene rings is 1. The number of nitrogens with one attached hydrogen (secondary N) is 2. The number of aromatic nitrogens is 1. The lowest BCUT2D eigenvalue weighted by molar-refractivity contribution is -0.136. The number of amides is 2. The van der Waals surface area contributed by atoms with Crippen molar-refractivity contribution >= 4 is 12.0 Å². The Kier molecular flexibility index (Phi) is 7.23. The average Bonchev–Trinajstić information content (AvgIpc) is 2.63. The van der Waals surface area contributed by atoms with Crippen LogP contribution in [0.1, 0.15) is 18.9 Å². The van der Waals surface area contributed by atoms with Crippen LogP contribution in [0.5, 0.6) is 17.4 Å². The molecule has 0 fully saturated rings. The third-order valence-corrected chi connectivity index (χ3v) is 3.24. The first-order valence-corrected chi connectivity index (χ1v) is 8.16. The number of ether oxygens (including phenoxy) is 2. The number of carbonyl (C=O) groups is 2. The first kappa shape index (κ1) is 19.0. The molecule has 0 aliphatic carbocycles. The zero-order valence-electron chi connectivity index (χ0n) is 14.4. The molecule has 1 heterocycles. The molecule has 0 saturated carbocycles. The number of hydrogen-bond donors (Lipinski definition) is 3. The van der Waals surface area contributed by atoms with Crippen LogP contribution in [-0.4, -0.2) is 35.2 Å². The number of aliphatic carboxylic acids is 1. The Labute approximate surface area is 151 Å². The number of urea groups is 1. The van der Waals surface area contributed by atoms with Crippen LogP contribution < -0.4 is 20.1 Å². The number of hydrogen-bond acceptors (Lipinski definition) is 5. The van der Waals surface area contributed by atoms with Gasteiger partial charge in [-0.1, -0.05) is 18.2 Å². The summed E-state index contributed by atoms with van der Waals surface area (Å²) in [6.45, 7) is 2.77. The fourth-order valence-electron chi connectivity index (χ4n) is 2.03. The predicted octanol–water partition coefficient (Wildman–Crippen LogP) is 2.55. The Morgan fingerprint density at radius 2 is 1.88 bits per heavy atom. The monoisotopic (exact) mass is 359 g/mol. The minimum atomic E-state index is -0.962. The Hall–Kier alpha value is -3.29. The maximum atomic E-state index is 11.5. The molecule has 26 heavy (non-hydrogen) atoms. The van der Waals surface area contributed by atoms with Crippen molar-refractivity contribution in [3.05, 3.63) is 48.2 Å². The van der Waals surface area contributed by atoms with Crippen LogP contribution in [0.15, 0.2) is 42.6 Å². The summed E-state index contributed by atoms with van der Waals surface area (Å²) in [5.41, 5.74) is 0.781. The fraction of sp³-hybridized carbons (Fsp3) is 0.278. The summed E-state index contributed by atoms with van der Waals surface area (Å²) in [6.07, 6.45) is 1.47. The topological polar surface area (TPSA) is 110 Å². The molecular weight excluding hydrogens is 338 g/mol. The molecule has 0 aliphatic rings. The van der Waals surface area contributed by atoms with Gasteiger partial charge in [-0.05, 0) is 24.6 Å². The number of pyridine rings is 1. The van der Waals surface area contributed by atoms with Gasteiger partial charge in [-0.2, -0.15) is 0 Å². The third kappa shape index (κ3) is 6.31. The van der Waals surface area contributed by atoms with Crippen LogP contribution in [0.25, 0.3) is 0 Å². The molecule has 0 radical (unpaired) electrons. The maximum Gasteiger partial charge on any atom is 0.315 e. The Morgan fingerprint density at radius 3 is 2.54 bits per heavy atom. The highest BCUT2D eigenvalue weighted by molar-refractivity contribution is 5.74. The van der Waals surface area contributed by atoms with Gasteiger partial charge in [0.25, 0.3) is 0 Å². The van der Waals surface area contributed by atoms with E-state index in [4.69, 9.17) is 14.6 Å². The second-order valence-electron chi connectivity index (χ2n) is 5.24. The van der Waals surface area contributed by atoms with Crippen LogP contribution in [0.2, 0.25) is 0 Å². The van der Waals surface area contributed by atoms with E-state index < -0.39 is 12.0 Å². The van der Waals surface area contributed by atoms with Gasteiger partial charge in [0, 0.05) is 25.4 Å². The Bertz CT molecular complexity index is 734. The largest absolute Gasteiger partial charge is 0.490 e. The van der Waals surface area contributed by atoms with Gasteiger partial charge in [-0.3, -0.25) is 4.79 Å². The molecule has 8 nitrogen and oxygen atoms in total. The second-order valence-corrected chi connectivity index (χ2v) is 5.24. The number of rotatable bonds is 9. The van der Waals surface area contributed by atoms with Crippen molar-refractivity contribution in [2.45, 2.75) is 19.9 Å². The van der Waals surface area contributed by atoms with Crippen molar-refractivity contribution in [2.75, 3.05) is 13.2 Å². The summed E-state index contributed by atoms with van der Waals surface area (Å²) in [7, 11) is 0. The van der Waals surface area contributed by atoms with Crippen molar-refractivity contribution in [1.29, 1.82) is 0 Å². The number of carboxylic acids is 1. The molecule has 2 amide bonds. The van der Waals surface area contributed by atoms with Crippen LogP contribution in [0.3, 0.4) is 0 Å².